The van der Waals surface area contributed by atoms with Crippen LogP contribution in [0.3, 0.4) is 0 Å². The zero-order chi connectivity index (χ0) is 13.2. The normalized spacial score (nSPS) is 17.5. The number of nitrogens with two attached hydrogens (primary N) is 1. The maximum atomic E-state index is 5.87. The van der Waals surface area contributed by atoms with Gasteiger partial charge in [-0.25, -0.2) is 14.9 Å². The summed E-state index contributed by atoms with van der Waals surface area (Å²) in [5, 5.41) is 0. The highest BCUT2D eigenvalue weighted by molar-refractivity contribution is 6.14. The molecule has 19 heavy (non-hydrogen) atoms. The van der Waals surface area contributed by atoms with Crippen molar-refractivity contribution in [2.45, 2.75) is 6.92 Å². The van der Waals surface area contributed by atoms with E-state index in [1.807, 2.05) is 25.1 Å². The lowest BCUT2D eigenvalue weighted by Crippen LogP contribution is -2.38. The van der Waals surface area contributed by atoms with Crippen LogP contribution in [0, 0.1) is 6.92 Å². The molecule has 0 aliphatic carbocycles. The fourth-order valence-electron chi connectivity index (χ4n) is 2.07. The third-order valence-corrected chi connectivity index (χ3v) is 3.00. The molecular weight excluding hydrogens is 244 g/mol. The Hall–Kier alpha value is -2.24. The van der Waals surface area contributed by atoms with E-state index in [-0.39, 0.29) is 0 Å². The Labute approximate surface area is 111 Å². The molecule has 0 amide bonds. The van der Waals surface area contributed by atoms with Gasteiger partial charge in [0.2, 0.25) is 0 Å². The van der Waals surface area contributed by atoms with Gasteiger partial charge in [0.1, 0.15) is 13.2 Å². The summed E-state index contributed by atoms with van der Waals surface area (Å²) < 4.78 is 11.1. The van der Waals surface area contributed by atoms with Crippen LogP contribution in [0.5, 0.6) is 0 Å². The highest BCUT2D eigenvalue weighted by Gasteiger charge is 2.28. The van der Waals surface area contributed by atoms with Crippen LogP contribution in [-0.2, 0) is 9.47 Å². The van der Waals surface area contributed by atoms with Crippen molar-refractivity contribution in [2.75, 3.05) is 36.9 Å². The Balaban J connectivity index is 2.05. The van der Waals surface area contributed by atoms with Gasteiger partial charge in [-0.2, -0.15) is 0 Å². The lowest BCUT2D eigenvalue weighted by molar-refractivity contribution is 0.325. The molecule has 2 aliphatic rings. The van der Waals surface area contributed by atoms with Crippen LogP contribution >= 0.6 is 0 Å². The summed E-state index contributed by atoms with van der Waals surface area (Å²) in [6.07, 6.45) is 0. The third kappa shape index (κ3) is 2.21. The Morgan fingerprint density at radius 1 is 1.11 bits per heavy atom. The number of anilines is 2. The number of hydrogen-bond acceptors (Lipinski definition) is 6. The first-order chi connectivity index (χ1) is 9.25. The molecule has 0 aromatic heterocycles. The smallest absolute Gasteiger partial charge is 0.300 e. The van der Waals surface area contributed by atoms with Crippen LogP contribution in [-0.4, -0.2) is 38.3 Å². The zero-order valence-electron chi connectivity index (χ0n) is 10.8. The van der Waals surface area contributed by atoms with Gasteiger partial charge in [0.15, 0.2) is 0 Å². The predicted octanol–water partition coefficient (Wildman–Crippen LogP) is 1.16. The number of benzene rings is 1. The molecular formula is C13H16N4O2. The van der Waals surface area contributed by atoms with Crippen molar-refractivity contribution < 1.29 is 9.47 Å². The summed E-state index contributed by atoms with van der Waals surface area (Å²) in [7, 11) is 0. The number of aryl methyl sites for hydroxylation is 1. The fourth-order valence-corrected chi connectivity index (χ4v) is 2.07. The van der Waals surface area contributed by atoms with E-state index in [2.05, 4.69) is 9.98 Å². The lowest BCUT2D eigenvalue weighted by Gasteiger charge is -2.23. The Kier molecular flexibility index (Phi) is 2.98. The summed E-state index contributed by atoms with van der Waals surface area (Å²) in [5.41, 5.74) is 8.51. The standard InChI is InChI=1S/C13H16N4O2/c1-9-2-3-10(14)8-11(9)17(12-15-4-6-18-12)13-16-5-7-19-13/h2-3,8H,4-7,14H2,1H3. The molecule has 1 aromatic rings. The number of amidine groups is 2. The molecule has 3 rings (SSSR count). The molecule has 2 heterocycles. The van der Waals surface area contributed by atoms with E-state index in [0.29, 0.717) is 44.0 Å². The molecule has 6 heteroatoms. The van der Waals surface area contributed by atoms with Crippen LogP contribution in [0.25, 0.3) is 0 Å². The second-order valence-electron chi connectivity index (χ2n) is 4.41. The van der Waals surface area contributed by atoms with Crippen molar-refractivity contribution in [3.05, 3.63) is 23.8 Å². The van der Waals surface area contributed by atoms with Crippen molar-refractivity contribution in [1.29, 1.82) is 0 Å². The van der Waals surface area contributed by atoms with Gasteiger partial charge in [-0.3, -0.25) is 0 Å². The Bertz CT molecular complexity index is 530. The molecule has 0 radical (unpaired) electrons. The van der Waals surface area contributed by atoms with Gasteiger partial charge >= 0.3 is 12.0 Å². The summed E-state index contributed by atoms with van der Waals surface area (Å²) in [5.74, 6) is 0. The van der Waals surface area contributed by atoms with Crippen molar-refractivity contribution in [3.63, 3.8) is 0 Å². The Morgan fingerprint density at radius 2 is 1.74 bits per heavy atom. The Morgan fingerprint density at radius 3 is 2.26 bits per heavy atom. The molecule has 0 saturated carbocycles. The average Bonchev–Trinajstić information content (AvgIpc) is 3.07. The molecule has 2 aliphatic heterocycles. The number of rotatable bonds is 1. The van der Waals surface area contributed by atoms with Gasteiger partial charge in [-0.15, -0.1) is 0 Å². The number of nitrogens with zero attached hydrogens (tertiary/aromatic N) is 3. The molecule has 6 nitrogen and oxygen atoms in total. The molecule has 100 valence electrons. The topological polar surface area (TPSA) is 72.4 Å². The van der Waals surface area contributed by atoms with Gasteiger partial charge in [0.25, 0.3) is 0 Å². The molecule has 0 unspecified atom stereocenters. The van der Waals surface area contributed by atoms with Gasteiger partial charge in [0, 0.05) is 5.69 Å². The summed E-state index contributed by atoms with van der Waals surface area (Å²) >= 11 is 0. The summed E-state index contributed by atoms with van der Waals surface area (Å²) in [4.78, 5) is 10.5. The van der Waals surface area contributed by atoms with E-state index in [1.165, 1.54) is 0 Å². The maximum Gasteiger partial charge on any atom is 0.300 e. The molecule has 1 aromatic carbocycles. The van der Waals surface area contributed by atoms with Crippen LogP contribution in [0.1, 0.15) is 5.56 Å². The molecule has 2 N–H and O–H groups in total. The second kappa shape index (κ2) is 4.79. The number of nitrogen functional groups attached to an aromatic ring is 1. The number of aliphatic imine (C=N–C) groups is 2. The van der Waals surface area contributed by atoms with Gasteiger partial charge < -0.3 is 15.2 Å². The van der Waals surface area contributed by atoms with Crippen LogP contribution in [0.15, 0.2) is 28.2 Å². The van der Waals surface area contributed by atoms with Crippen molar-refractivity contribution in [1.82, 2.24) is 0 Å². The molecule has 0 spiro atoms. The minimum Gasteiger partial charge on any atom is -0.463 e. The zero-order valence-corrected chi connectivity index (χ0v) is 10.8. The quantitative estimate of drug-likeness (QED) is 0.769. The van der Waals surface area contributed by atoms with E-state index in [0.717, 1.165) is 11.3 Å². The van der Waals surface area contributed by atoms with Crippen LogP contribution in [0.4, 0.5) is 11.4 Å². The minimum absolute atomic E-state index is 0.523. The minimum atomic E-state index is 0.523. The van der Waals surface area contributed by atoms with Crippen molar-refractivity contribution >= 4 is 23.4 Å². The van der Waals surface area contributed by atoms with E-state index >= 15 is 0 Å². The molecule has 0 fully saturated rings. The monoisotopic (exact) mass is 260 g/mol. The van der Waals surface area contributed by atoms with Crippen molar-refractivity contribution in [2.24, 2.45) is 9.98 Å². The largest absolute Gasteiger partial charge is 0.463 e. The third-order valence-electron chi connectivity index (χ3n) is 3.00. The van der Waals surface area contributed by atoms with E-state index in [1.54, 1.807) is 4.90 Å². The first-order valence-electron chi connectivity index (χ1n) is 6.26. The van der Waals surface area contributed by atoms with E-state index < -0.39 is 0 Å². The summed E-state index contributed by atoms with van der Waals surface area (Å²) in [6, 6.07) is 6.75. The second-order valence-corrected chi connectivity index (χ2v) is 4.41. The lowest BCUT2D eigenvalue weighted by atomic mass is 10.1. The average molecular weight is 260 g/mol. The SMILES string of the molecule is Cc1ccc(N)cc1N(C1=NCCO1)C1=NCCO1. The molecule has 0 saturated heterocycles. The first kappa shape index (κ1) is 11.8. The maximum absolute atomic E-state index is 5.87. The van der Waals surface area contributed by atoms with Gasteiger partial charge in [0.05, 0.1) is 18.8 Å². The van der Waals surface area contributed by atoms with E-state index in [9.17, 15) is 0 Å². The predicted molar refractivity (Wildman–Crippen MR) is 74.6 cm³/mol. The highest BCUT2D eigenvalue weighted by atomic mass is 16.5. The first-order valence-corrected chi connectivity index (χ1v) is 6.26. The van der Waals surface area contributed by atoms with Gasteiger partial charge in [-0.05, 0) is 24.6 Å². The van der Waals surface area contributed by atoms with Crippen molar-refractivity contribution in [3.8, 4) is 0 Å². The number of ether oxygens (including phenoxy) is 2. The van der Waals surface area contributed by atoms with Crippen LogP contribution < -0.4 is 10.6 Å². The molecule has 0 bridgehead atoms. The van der Waals surface area contributed by atoms with E-state index in [4.69, 9.17) is 15.2 Å². The fraction of sp³-hybridized carbons (Fsp3) is 0.385. The molecule has 0 atom stereocenters. The van der Waals surface area contributed by atoms with Gasteiger partial charge in [-0.1, -0.05) is 6.07 Å². The van der Waals surface area contributed by atoms with Crippen LogP contribution in [0.2, 0.25) is 0 Å². The summed E-state index contributed by atoms with van der Waals surface area (Å²) in [6.45, 7) is 4.48. The highest BCUT2D eigenvalue weighted by Crippen LogP contribution is 2.26. The number of hydrogen-bond donors (Lipinski definition) is 1.